The molecule has 0 aliphatic rings. The highest BCUT2D eigenvalue weighted by atomic mass is 16.3. The van der Waals surface area contributed by atoms with E-state index < -0.39 is 0 Å². The van der Waals surface area contributed by atoms with E-state index in [-0.39, 0.29) is 0 Å². The van der Waals surface area contributed by atoms with Crippen molar-refractivity contribution in [2.75, 3.05) is 4.90 Å². The zero-order valence-electron chi connectivity index (χ0n) is 23.2. The molecular formula is C40H25NO2. The van der Waals surface area contributed by atoms with Crippen molar-refractivity contribution >= 4 is 71.7 Å². The SMILES string of the molecule is c1cc(-c2ccc3ccccc3c2)cc(N(c2cccc3oc4ccccc4c23)c2cccc3oc4ccccc4c23)c1. The van der Waals surface area contributed by atoms with Gasteiger partial charge in [-0.05, 0) is 76.5 Å². The minimum absolute atomic E-state index is 0.860. The van der Waals surface area contributed by atoms with Crippen LogP contribution in [0, 0.1) is 0 Å². The van der Waals surface area contributed by atoms with Crippen LogP contribution in [-0.2, 0) is 0 Å². The molecule has 202 valence electrons. The molecule has 0 unspecified atom stereocenters. The van der Waals surface area contributed by atoms with Gasteiger partial charge in [0.25, 0.3) is 0 Å². The molecule has 0 saturated carbocycles. The van der Waals surface area contributed by atoms with Crippen LogP contribution in [0.1, 0.15) is 0 Å². The Balaban J connectivity index is 1.35. The van der Waals surface area contributed by atoms with E-state index in [1.165, 1.54) is 16.3 Å². The van der Waals surface area contributed by atoms with Crippen LogP contribution in [0.15, 0.2) is 160 Å². The summed E-state index contributed by atoms with van der Waals surface area (Å²) in [6, 6.07) is 53.2. The first-order valence-electron chi connectivity index (χ1n) is 14.5. The van der Waals surface area contributed by atoms with Gasteiger partial charge in [0.15, 0.2) is 0 Å². The van der Waals surface area contributed by atoms with E-state index in [0.29, 0.717) is 0 Å². The third-order valence-electron chi connectivity index (χ3n) is 8.43. The Morgan fingerprint density at radius 3 is 1.58 bits per heavy atom. The molecule has 0 atom stereocenters. The Hall–Kier alpha value is -5.80. The van der Waals surface area contributed by atoms with Crippen molar-refractivity contribution in [2.24, 2.45) is 0 Å². The predicted molar refractivity (Wildman–Crippen MR) is 179 cm³/mol. The number of hydrogen-bond acceptors (Lipinski definition) is 3. The number of rotatable bonds is 4. The van der Waals surface area contributed by atoms with Crippen molar-refractivity contribution in [3.63, 3.8) is 0 Å². The van der Waals surface area contributed by atoms with Crippen LogP contribution >= 0.6 is 0 Å². The number of nitrogens with zero attached hydrogens (tertiary/aromatic N) is 1. The summed E-state index contributed by atoms with van der Waals surface area (Å²) < 4.78 is 12.7. The van der Waals surface area contributed by atoms with Crippen LogP contribution in [0.5, 0.6) is 0 Å². The maximum Gasteiger partial charge on any atom is 0.137 e. The highest BCUT2D eigenvalue weighted by molar-refractivity contribution is 6.17. The number of anilines is 3. The summed E-state index contributed by atoms with van der Waals surface area (Å²) >= 11 is 0. The molecule has 3 nitrogen and oxygen atoms in total. The van der Waals surface area contributed by atoms with Gasteiger partial charge in [0.05, 0.1) is 22.1 Å². The fourth-order valence-corrected chi connectivity index (χ4v) is 6.49. The molecule has 3 heteroatoms. The summed E-state index contributed by atoms with van der Waals surface area (Å²) in [6.45, 7) is 0. The topological polar surface area (TPSA) is 29.5 Å². The zero-order chi connectivity index (χ0) is 28.3. The quantitative estimate of drug-likeness (QED) is 0.218. The van der Waals surface area contributed by atoms with Gasteiger partial charge in [-0.25, -0.2) is 0 Å². The van der Waals surface area contributed by atoms with Crippen LogP contribution in [0.25, 0.3) is 65.8 Å². The molecule has 7 aromatic carbocycles. The molecule has 0 radical (unpaired) electrons. The molecule has 0 N–H and O–H groups in total. The molecule has 0 aliphatic carbocycles. The van der Waals surface area contributed by atoms with Crippen molar-refractivity contribution in [3.8, 4) is 11.1 Å². The van der Waals surface area contributed by atoms with Crippen LogP contribution < -0.4 is 4.90 Å². The minimum Gasteiger partial charge on any atom is -0.456 e. The first-order valence-corrected chi connectivity index (χ1v) is 14.5. The Morgan fingerprint density at radius 1 is 0.372 bits per heavy atom. The van der Waals surface area contributed by atoms with E-state index in [1.807, 2.05) is 24.3 Å². The third kappa shape index (κ3) is 3.75. The number of fused-ring (bicyclic) bond motifs is 7. The monoisotopic (exact) mass is 551 g/mol. The Kier molecular flexibility index (Phi) is 5.20. The second-order valence-corrected chi connectivity index (χ2v) is 10.9. The van der Waals surface area contributed by atoms with E-state index in [1.54, 1.807) is 0 Å². The largest absolute Gasteiger partial charge is 0.456 e. The lowest BCUT2D eigenvalue weighted by Gasteiger charge is -2.27. The van der Waals surface area contributed by atoms with Crippen molar-refractivity contribution in [1.29, 1.82) is 0 Å². The van der Waals surface area contributed by atoms with Crippen molar-refractivity contribution in [2.45, 2.75) is 0 Å². The van der Waals surface area contributed by atoms with Gasteiger partial charge >= 0.3 is 0 Å². The van der Waals surface area contributed by atoms with E-state index in [0.717, 1.165) is 66.5 Å². The van der Waals surface area contributed by atoms with Gasteiger partial charge in [-0.2, -0.15) is 0 Å². The Bertz CT molecular complexity index is 2370. The molecule has 2 aromatic heterocycles. The number of hydrogen-bond donors (Lipinski definition) is 0. The zero-order valence-corrected chi connectivity index (χ0v) is 23.2. The van der Waals surface area contributed by atoms with Gasteiger partial charge in [-0.1, -0.05) is 97.1 Å². The van der Waals surface area contributed by atoms with E-state index in [9.17, 15) is 0 Å². The van der Waals surface area contributed by atoms with Gasteiger partial charge in [-0.3, -0.25) is 0 Å². The summed E-state index contributed by atoms with van der Waals surface area (Å²) in [6.07, 6.45) is 0. The molecule has 0 saturated heterocycles. The molecule has 0 spiro atoms. The fourth-order valence-electron chi connectivity index (χ4n) is 6.49. The second kappa shape index (κ2) is 9.37. The van der Waals surface area contributed by atoms with Crippen LogP contribution in [0.4, 0.5) is 17.1 Å². The lowest BCUT2D eigenvalue weighted by Crippen LogP contribution is -2.11. The van der Waals surface area contributed by atoms with Crippen LogP contribution in [-0.4, -0.2) is 0 Å². The minimum atomic E-state index is 0.860. The average Bonchev–Trinajstić information content (AvgIpc) is 3.64. The van der Waals surface area contributed by atoms with Crippen molar-refractivity contribution in [1.82, 2.24) is 0 Å². The van der Waals surface area contributed by atoms with E-state index in [2.05, 4.69) is 132 Å². The second-order valence-electron chi connectivity index (χ2n) is 10.9. The van der Waals surface area contributed by atoms with Crippen molar-refractivity contribution < 1.29 is 8.83 Å². The molecule has 0 fully saturated rings. The molecular weight excluding hydrogens is 526 g/mol. The third-order valence-corrected chi connectivity index (χ3v) is 8.43. The van der Waals surface area contributed by atoms with Crippen molar-refractivity contribution in [3.05, 3.63) is 152 Å². The maximum absolute atomic E-state index is 6.35. The van der Waals surface area contributed by atoms with Crippen LogP contribution in [0.3, 0.4) is 0 Å². The molecule has 0 bridgehead atoms. The molecule has 0 aliphatic heterocycles. The van der Waals surface area contributed by atoms with Crippen LogP contribution in [0.2, 0.25) is 0 Å². The van der Waals surface area contributed by atoms with E-state index >= 15 is 0 Å². The Morgan fingerprint density at radius 2 is 0.907 bits per heavy atom. The first-order chi connectivity index (χ1) is 21.3. The first kappa shape index (κ1) is 23.9. The summed E-state index contributed by atoms with van der Waals surface area (Å²) in [4.78, 5) is 2.36. The number of furan rings is 2. The maximum atomic E-state index is 6.35. The fraction of sp³-hybridized carbons (Fsp3) is 0. The number of benzene rings is 7. The van der Waals surface area contributed by atoms with E-state index in [4.69, 9.17) is 8.83 Å². The lowest BCUT2D eigenvalue weighted by molar-refractivity contribution is 0.668. The highest BCUT2D eigenvalue weighted by Crippen LogP contribution is 2.47. The average molecular weight is 552 g/mol. The Labute approximate surface area is 247 Å². The molecule has 9 aromatic rings. The van der Waals surface area contributed by atoms with Gasteiger partial charge in [-0.15, -0.1) is 0 Å². The normalized spacial score (nSPS) is 11.7. The lowest BCUT2D eigenvalue weighted by atomic mass is 10.00. The molecule has 2 heterocycles. The summed E-state index contributed by atoms with van der Waals surface area (Å²) in [5, 5.41) is 6.81. The standard InChI is InChI=1S/C40H25NO2/c1-2-11-27-24-29(23-22-26(27)10-1)28-12-7-13-30(25-28)41(33-16-8-20-37-39(33)31-14-3-5-18-35(31)42-37)34-17-9-21-38-40(34)32-15-4-6-19-36(32)43-38/h1-25H. The molecule has 9 rings (SSSR count). The van der Waals surface area contributed by atoms with Gasteiger partial charge in [0.2, 0.25) is 0 Å². The summed E-state index contributed by atoms with van der Waals surface area (Å²) in [7, 11) is 0. The predicted octanol–water partition coefficient (Wildman–Crippen LogP) is 11.8. The van der Waals surface area contributed by atoms with Gasteiger partial charge < -0.3 is 13.7 Å². The highest BCUT2D eigenvalue weighted by Gasteiger charge is 2.23. The molecule has 43 heavy (non-hydrogen) atoms. The summed E-state index contributed by atoms with van der Waals surface area (Å²) in [5.74, 6) is 0. The summed E-state index contributed by atoms with van der Waals surface area (Å²) in [5.41, 5.74) is 8.97. The number of para-hydroxylation sites is 2. The van der Waals surface area contributed by atoms with Gasteiger partial charge in [0, 0.05) is 16.5 Å². The molecule has 0 amide bonds. The smallest absolute Gasteiger partial charge is 0.137 e. The van der Waals surface area contributed by atoms with Gasteiger partial charge in [0.1, 0.15) is 22.3 Å².